The second kappa shape index (κ2) is 5.14. The third-order valence-electron chi connectivity index (χ3n) is 3.54. The van der Waals surface area contributed by atoms with Gasteiger partial charge in [-0.1, -0.05) is 12.1 Å². The first-order valence-corrected chi connectivity index (χ1v) is 6.83. The van der Waals surface area contributed by atoms with E-state index in [0.29, 0.717) is 11.4 Å². The number of aromatic nitrogens is 2. The fourth-order valence-electron chi connectivity index (χ4n) is 2.38. The fourth-order valence-corrected chi connectivity index (χ4v) is 2.38. The van der Waals surface area contributed by atoms with Crippen LogP contribution in [0.2, 0.25) is 0 Å². The zero-order chi connectivity index (χ0) is 15.9. The van der Waals surface area contributed by atoms with E-state index in [4.69, 9.17) is 4.42 Å². The van der Waals surface area contributed by atoms with Gasteiger partial charge in [-0.25, -0.2) is 4.98 Å². The number of carbonyl (C=O) groups excluding carboxylic acids is 1. The number of hydrogen-bond acceptors (Lipinski definition) is 4. The van der Waals surface area contributed by atoms with Crippen molar-refractivity contribution in [3.05, 3.63) is 57.3 Å². The third-order valence-corrected chi connectivity index (χ3v) is 3.54. The van der Waals surface area contributed by atoms with Gasteiger partial charge in [-0.2, -0.15) is 0 Å². The number of nitrogens with zero attached hydrogens (tertiary/aromatic N) is 1. The van der Waals surface area contributed by atoms with Crippen LogP contribution in [0, 0.1) is 20.8 Å². The van der Waals surface area contributed by atoms with Crippen molar-refractivity contribution in [2.75, 3.05) is 5.32 Å². The van der Waals surface area contributed by atoms with Crippen LogP contribution in [0.3, 0.4) is 0 Å². The lowest BCUT2D eigenvalue weighted by Crippen LogP contribution is -2.17. The summed E-state index contributed by atoms with van der Waals surface area (Å²) >= 11 is 0. The lowest BCUT2D eigenvalue weighted by molar-refractivity contribution is 0.102. The van der Waals surface area contributed by atoms with Crippen molar-refractivity contribution in [1.29, 1.82) is 0 Å². The summed E-state index contributed by atoms with van der Waals surface area (Å²) in [6, 6.07) is 5.78. The molecular weight excluding hydrogens is 282 g/mol. The van der Waals surface area contributed by atoms with Crippen LogP contribution in [0.5, 0.6) is 0 Å². The van der Waals surface area contributed by atoms with E-state index in [1.54, 1.807) is 6.92 Å². The maximum atomic E-state index is 12.6. The van der Waals surface area contributed by atoms with Gasteiger partial charge < -0.3 is 14.7 Å². The molecular formula is C16H15N3O3. The zero-order valence-electron chi connectivity index (χ0n) is 12.5. The highest BCUT2D eigenvalue weighted by molar-refractivity contribution is 6.12. The first-order chi connectivity index (χ1) is 10.5. The van der Waals surface area contributed by atoms with Crippen LogP contribution >= 0.6 is 0 Å². The molecule has 0 saturated carbocycles. The molecule has 3 aromatic rings. The van der Waals surface area contributed by atoms with E-state index in [2.05, 4.69) is 15.3 Å². The Labute approximate surface area is 126 Å². The van der Waals surface area contributed by atoms with Crippen LogP contribution in [0.25, 0.3) is 11.1 Å². The van der Waals surface area contributed by atoms with Gasteiger partial charge in [0.25, 0.3) is 11.5 Å². The topological polar surface area (TPSA) is 88.0 Å². The summed E-state index contributed by atoms with van der Waals surface area (Å²) in [4.78, 5) is 30.9. The molecule has 0 aliphatic carbocycles. The number of amides is 1. The number of rotatable bonds is 2. The molecule has 0 radical (unpaired) electrons. The predicted molar refractivity (Wildman–Crippen MR) is 83.2 cm³/mol. The number of hydrogen-bond donors (Lipinski definition) is 2. The Morgan fingerprint density at radius 2 is 2.05 bits per heavy atom. The molecule has 2 heterocycles. The van der Waals surface area contributed by atoms with Crippen molar-refractivity contribution >= 4 is 22.7 Å². The van der Waals surface area contributed by atoms with Gasteiger partial charge in [0.1, 0.15) is 11.1 Å². The molecule has 6 heteroatoms. The molecule has 0 spiro atoms. The molecule has 6 nitrogen and oxygen atoms in total. The average Bonchev–Trinajstić information content (AvgIpc) is 2.80. The smallest absolute Gasteiger partial charge is 0.262 e. The number of fused-ring (bicyclic) bond motifs is 1. The summed E-state index contributed by atoms with van der Waals surface area (Å²) < 4.78 is 5.40. The Morgan fingerprint density at radius 1 is 1.27 bits per heavy atom. The molecule has 112 valence electrons. The highest BCUT2D eigenvalue weighted by Crippen LogP contribution is 2.23. The summed E-state index contributed by atoms with van der Waals surface area (Å²) in [6.45, 7) is 5.49. The zero-order valence-corrected chi connectivity index (χ0v) is 12.5. The summed E-state index contributed by atoms with van der Waals surface area (Å²) in [5, 5.41) is 3.00. The minimum Gasteiger partial charge on any atom is -0.442 e. The van der Waals surface area contributed by atoms with E-state index in [0.717, 1.165) is 11.1 Å². The van der Waals surface area contributed by atoms with Crippen LogP contribution < -0.4 is 10.9 Å². The molecule has 1 aromatic carbocycles. The van der Waals surface area contributed by atoms with Crippen molar-refractivity contribution in [1.82, 2.24) is 9.97 Å². The van der Waals surface area contributed by atoms with Crippen molar-refractivity contribution in [3.63, 3.8) is 0 Å². The number of furan rings is 1. The molecule has 0 fully saturated rings. The minimum absolute atomic E-state index is 0.160. The van der Waals surface area contributed by atoms with Crippen LogP contribution in [0.1, 0.15) is 27.2 Å². The van der Waals surface area contributed by atoms with Gasteiger partial charge in [-0.3, -0.25) is 9.59 Å². The SMILES string of the molecule is Cc1ccc(C)c(NC(=O)c2c(C)oc3nc[nH]c(=O)c23)c1. The highest BCUT2D eigenvalue weighted by Gasteiger charge is 2.22. The van der Waals surface area contributed by atoms with E-state index >= 15 is 0 Å². The van der Waals surface area contributed by atoms with Crippen molar-refractivity contribution in [2.24, 2.45) is 0 Å². The van der Waals surface area contributed by atoms with E-state index in [1.165, 1.54) is 6.33 Å². The van der Waals surface area contributed by atoms with Gasteiger partial charge in [0.05, 0.1) is 11.9 Å². The molecule has 2 aromatic heterocycles. The average molecular weight is 297 g/mol. The first kappa shape index (κ1) is 14.1. The molecule has 0 aliphatic heterocycles. The van der Waals surface area contributed by atoms with E-state index in [9.17, 15) is 9.59 Å². The second-order valence-corrected chi connectivity index (χ2v) is 5.22. The molecule has 3 rings (SSSR count). The largest absolute Gasteiger partial charge is 0.442 e. The Balaban J connectivity index is 2.08. The number of nitrogens with one attached hydrogen (secondary N) is 2. The monoisotopic (exact) mass is 297 g/mol. The molecule has 0 bridgehead atoms. The van der Waals surface area contributed by atoms with Crippen LogP contribution in [-0.2, 0) is 0 Å². The van der Waals surface area contributed by atoms with Gasteiger partial charge in [0.15, 0.2) is 0 Å². The first-order valence-electron chi connectivity index (χ1n) is 6.83. The maximum absolute atomic E-state index is 12.6. The number of benzene rings is 1. The lowest BCUT2D eigenvalue weighted by Gasteiger charge is -2.09. The van der Waals surface area contributed by atoms with Gasteiger partial charge in [-0.15, -0.1) is 0 Å². The lowest BCUT2D eigenvalue weighted by atomic mass is 10.1. The maximum Gasteiger partial charge on any atom is 0.262 e. The number of aromatic amines is 1. The predicted octanol–water partition coefficient (Wildman–Crippen LogP) is 2.69. The van der Waals surface area contributed by atoms with E-state index < -0.39 is 5.56 Å². The molecule has 0 atom stereocenters. The van der Waals surface area contributed by atoms with Crippen LogP contribution in [0.4, 0.5) is 5.69 Å². The Hall–Kier alpha value is -2.89. The highest BCUT2D eigenvalue weighted by atomic mass is 16.3. The van der Waals surface area contributed by atoms with E-state index in [-0.39, 0.29) is 22.6 Å². The van der Waals surface area contributed by atoms with Crippen LogP contribution in [-0.4, -0.2) is 15.9 Å². The van der Waals surface area contributed by atoms with Gasteiger partial charge in [-0.05, 0) is 38.0 Å². The van der Waals surface area contributed by atoms with Crippen molar-refractivity contribution < 1.29 is 9.21 Å². The number of anilines is 1. The Kier molecular flexibility index (Phi) is 3.29. The minimum atomic E-state index is -0.395. The number of carbonyl (C=O) groups is 1. The summed E-state index contributed by atoms with van der Waals surface area (Å²) in [5.74, 6) is -0.0227. The van der Waals surface area contributed by atoms with E-state index in [1.807, 2.05) is 32.0 Å². The number of aryl methyl sites for hydroxylation is 3. The van der Waals surface area contributed by atoms with Crippen molar-refractivity contribution in [2.45, 2.75) is 20.8 Å². The Morgan fingerprint density at radius 3 is 2.82 bits per heavy atom. The molecule has 0 saturated heterocycles. The quantitative estimate of drug-likeness (QED) is 0.761. The summed E-state index contributed by atoms with van der Waals surface area (Å²) in [6.07, 6.45) is 1.25. The third kappa shape index (κ3) is 2.28. The number of H-pyrrole nitrogens is 1. The second-order valence-electron chi connectivity index (χ2n) is 5.22. The van der Waals surface area contributed by atoms with Crippen LogP contribution in [0.15, 0.2) is 33.7 Å². The Bertz CT molecular complexity index is 937. The molecule has 22 heavy (non-hydrogen) atoms. The molecule has 0 unspecified atom stereocenters. The summed E-state index contributed by atoms with van der Waals surface area (Å²) in [5.41, 5.74) is 2.66. The molecule has 0 aliphatic rings. The normalized spacial score (nSPS) is 10.9. The van der Waals surface area contributed by atoms with Gasteiger partial charge >= 0.3 is 0 Å². The van der Waals surface area contributed by atoms with Crippen molar-refractivity contribution in [3.8, 4) is 0 Å². The van der Waals surface area contributed by atoms with Gasteiger partial charge in [0, 0.05) is 5.69 Å². The van der Waals surface area contributed by atoms with Gasteiger partial charge in [0.2, 0.25) is 5.71 Å². The summed E-state index contributed by atoms with van der Waals surface area (Å²) in [7, 11) is 0. The fraction of sp³-hybridized carbons (Fsp3) is 0.188. The molecule has 1 amide bonds. The standard InChI is InChI=1S/C16H15N3O3/c1-8-4-5-9(2)11(6-8)19-15(21)12-10(3)22-16-13(12)14(20)17-7-18-16/h4-7H,1-3H3,(H,19,21)(H,17,18,20). The molecule has 2 N–H and O–H groups in total.